The highest BCUT2D eigenvalue weighted by Gasteiger charge is 2.13. The molecular formula is C11H24S. The van der Waals surface area contributed by atoms with Crippen molar-refractivity contribution in [3.8, 4) is 0 Å². The van der Waals surface area contributed by atoms with Crippen LogP contribution in [0, 0.1) is 17.8 Å². The molecule has 0 radical (unpaired) electrons. The monoisotopic (exact) mass is 188 g/mol. The molecule has 0 aliphatic carbocycles. The van der Waals surface area contributed by atoms with Gasteiger partial charge in [0.1, 0.15) is 0 Å². The fourth-order valence-electron chi connectivity index (χ4n) is 1.59. The summed E-state index contributed by atoms with van der Waals surface area (Å²) in [6.45, 7) is 9.22. The Kier molecular flexibility index (Phi) is 7.02. The molecule has 0 aromatic carbocycles. The fourth-order valence-corrected chi connectivity index (χ4v) is 1.89. The van der Waals surface area contributed by atoms with Crippen molar-refractivity contribution in [2.75, 3.05) is 5.75 Å². The normalized spacial score (nSPS) is 16.5. The molecule has 0 aliphatic heterocycles. The zero-order chi connectivity index (χ0) is 9.56. The van der Waals surface area contributed by atoms with E-state index in [1.165, 1.54) is 19.3 Å². The van der Waals surface area contributed by atoms with Crippen LogP contribution in [0.1, 0.15) is 47.0 Å². The molecule has 0 N–H and O–H groups in total. The third kappa shape index (κ3) is 5.08. The van der Waals surface area contributed by atoms with Gasteiger partial charge in [-0.3, -0.25) is 0 Å². The van der Waals surface area contributed by atoms with E-state index in [0.29, 0.717) is 0 Å². The molecule has 1 heteroatoms. The van der Waals surface area contributed by atoms with Gasteiger partial charge >= 0.3 is 0 Å². The lowest BCUT2D eigenvalue weighted by atomic mass is 9.87. The first-order valence-corrected chi connectivity index (χ1v) is 5.85. The Hall–Kier alpha value is 0.350. The maximum absolute atomic E-state index is 4.35. The molecule has 0 bridgehead atoms. The zero-order valence-corrected chi connectivity index (χ0v) is 9.90. The molecule has 0 aromatic heterocycles. The van der Waals surface area contributed by atoms with E-state index in [1.54, 1.807) is 0 Å². The van der Waals surface area contributed by atoms with Gasteiger partial charge in [-0.1, -0.05) is 40.5 Å². The molecule has 0 heterocycles. The number of thiol groups is 1. The predicted octanol–water partition coefficient (Wildman–Crippen LogP) is 4.01. The van der Waals surface area contributed by atoms with Crippen LogP contribution >= 0.6 is 12.6 Å². The highest BCUT2D eigenvalue weighted by molar-refractivity contribution is 7.80. The summed E-state index contributed by atoms with van der Waals surface area (Å²) in [6, 6.07) is 0. The van der Waals surface area contributed by atoms with Gasteiger partial charge < -0.3 is 0 Å². The van der Waals surface area contributed by atoms with Gasteiger partial charge in [0.15, 0.2) is 0 Å². The van der Waals surface area contributed by atoms with Crippen molar-refractivity contribution in [2.45, 2.75) is 47.0 Å². The van der Waals surface area contributed by atoms with E-state index in [4.69, 9.17) is 0 Å². The number of hydrogen-bond acceptors (Lipinski definition) is 1. The van der Waals surface area contributed by atoms with E-state index in [9.17, 15) is 0 Å². The summed E-state index contributed by atoms with van der Waals surface area (Å²) in [5.74, 6) is 3.57. The first kappa shape index (κ1) is 12.3. The van der Waals surface area contributed by atoms with Gasteiger partial charge in [-0.05, 0) is 29.9 Å². The lowest BCUT2D eigenvalue weighted by molar-refractivity contribution is 0.327. The minimum atomic E-state index is 0.789. The molecule has 2 atom stereocenters. The second-order valence-electron chi connectivity index (χ2n) is 4.30. The van der Waals surface area contributed by atoms with Crippen molar-refractivity contribution in [2.24, 2.45) is 17.8 Å². The second kappa shape index (κ2) is 6.82. The molecule has 74 valence electrons. The first-order valence-electron chi connectivity index (χ1n) is 5.22. The Morgan fingerprint density at radius 3 is 2.00 bits per heavy atom. The topological polar surface area (TPSA) is 0 Å². The molecule has 0 amide bonds. The number of rotatable bonds is 6. The van der Waals surface area contributed by atoms with Crippen LogP contribution in [0.3, 0.4) is 0 Å². The van der Waals surface area contributed by atoms with E-state index in [1.807, 2.05) is 0 Å². The minimum absolute atomic E-state index is 0.789. The fraction of sp³-hybridized carbons (Fsp3) is 1.00. The van der Waals surface area contributed by atoms with E-state index < -0.39 is 0 Å². The molecule has 0 nitrogen and oxygen atoms in total. The van der Waals surface area contributed by atoms with Gasteiger partial charge in [0.25, 0.3) is 0 Å². The molecule has 2 unspecified atom stereocenters. The van der Waals surface area contributed by atoms with Crippen molar-refractivity contribution >= 4 is 12.6 Å². The average molecular weight is 188 g/mol. The Labute approximate surface area is 83.5 Å². The van der Waals surface area contributed by atoms with Crippen LogP contribution in [-0.4, -0.2) is 5.75 Å². The molecule has 0 saturated carbocycles. The van der Waals surface area contributed by atoms with Gasteiger partial charge in [-0.15, -0.1) is 0 Å². The molecule has 12 heavy (non-hydrogen) atoms. The molecule has 0 aliphatic rings. The standard InChI is InChI=1S/C11H24S/c1-5-11(10(4)8-12)7-6-9(2)3/h9-12H,5-8H2,1-4H3. The van der Waals surface area contributed by atoms with Crippen LogP contribution in [-0.2, 0) is 0 Å². The zero-order valence-electron chi connectivity index (χ0n) is 9.01. The van der Waals surface area contributed by atoms with Crippen LogP contribution in [0.15, 0.2) is 0 Å². The van der Waals surface area contributed by atoms with Gasteiger partial charge in [0, 0.05) is 0 Å². The van der Waals surface area contributed by atoms with E-state index in [-0.39, 0.29) is 0 Å². The summed E-state index contributed by atoms with van der Waals surface area (Å²) in [5, 5.41) is 0. The third-order valence-electron chi connectivity index (χ3n) is 2.73. The summed E-state index contributed by atoms with van der Waals surface area (Å²) in [4.78, 5) is 0. The lowest BCUT2D eigenvalue weighted by Gasteiger charge is -2.21. The van der Waals surface area contributed by atoms with Crippen LogP contribution in [0.25, 0.3) is 0 Å². The second-order valence-corrected chi connectivity index (χ2v) is 4.66. The summed E-state index contributed by atoms with van der Waals surface area (Å²) in [7, 11) is 0. The van der Waals surface area contributed by atoms with Crippen molar-refractivity contribution in [3.05, 3.63) is 0 Å². The smallest absolute Gasteiger partial charge is 0.00695 e. The maximum atomic E-state index is 4.35. The molecule has 0 rings (SSSR count). The maximum Gasteiger partial charge on any atom is -0.00695 e. The van der Waals surface area contributed by atoms with E-state index in [0.717, 1.165) is 23.5 Å². The first-order chi connectivity index (χ1) is 5.61. The number of hydrogen-bond donors (Lipinski definition) is 1. The molecule has 0 fully saturated rings. The highest BCUT2D eigenvalue weighted by Crippen LogP contribution is 2.23. The van der Waals surface area contributed by atoms with Crippen molar-refractivity contribution in [3.63, 3.8) is 0 Å². The Morgan fingerprint density at radius 1 is 1.08 bits per heavy atom. The molecule has 0 aromatic rings. The summed E-state index contributed by atoms with van der Waals surface area (Å²) >= 11 is 4.35. The van der Waals surface area contributed by atoms with Gasteiger partial charge in [0.05, 0.1) is 0 Å². The van der Waals surface area contributed by atoms with E-state index in [2.05, 4.69) is 40.3 Å². The average Bonchev–Trinajstić information content (AvgIpc) is 2.04. The summed E-state index contributed by atoms with van der Waals surface area (Å²) < 4.78 is 0. The van der Waals surface area contributed by atoms with Gasteiger partial charge in [-0.2, -0.15) is 12.6 Å². The Balaban J connectivity index is 3.67. The molecule has 0 spiro atoms. The van der Waals surface area contributed by atoms with E-state index >= 15 is 0 Å². The minimum Gasteiger partial charge on any atom is -0.179 e. The third-order valence-corrected chi connectivity index (χ3v) is 3.31. The van der Waals surface area contributed by atoms with Gasteiger partial charge in [0.2, 0.25) is 0 Å². The van der Waals surface area contributed by atoms with Crippen LogP contribution < -0.4 is 0 Å². The SMILES string of the molecule is CCC(CCC(C)C)C(C)CS. The quantitative estimate of drug-likeness (QED) is 0.598. The van der Waals surface area contributed by atoms with Crippen molar-refractivity contribution < 1.29 is 0 Å². The Morgan fingerprint density at radius 2 is 1.67 bits per heavy atom. The predicted molar refractivity (Wildman–Crippen MR) is 60.9 cm³/mol. The summed E-state index contributed by atoms with van der Waals surface area (Å²) in [6.07, 6.45) is 4.07. The largest absolute Gasteiger partial charge is 0.179 e. The molecular weight excluding hydrogens is 164 g/mol. The molecule has 0 saturated heterocycles. The van der Waals surface area contributed by atoms with Crippen molar-refractivity contribution in [1.29, 1.82) is 0 Å². The van der Waals surface area contributed by atoms with Crippen LogP contribution in [0.4, 0.5) is 0 Å². The highest BCUT2D eigenvalue weighted by atomic mass is 32.1. The van der Waals surface area contributed by atoms with Gasteiger partial charge in [-0.25, -0.2) is 0 Å². The lowest BCUT2D eigenvalue weighted by Crippen LogP contribution is -2.13. The van der Waals surface area contributed by atoms with Crippen molar-refractivity contribution in [1.82, 2.24) is 0 Å². The summed E-state index contributed by atoms with van der Waals surface area (Å²) in [5.41, 5.74) is 0. The Bertz CT molecular complexity index is 99.2. The van der Waals surface area contributed by atoms with Crippen LogP contribution in [0.5, 0.6) is 0 Å². The van der Waals surface area contributed by atoms with Crippen LogP contribution in [0.2, 0.25) is 0 Å².